The van der Waals surface area contributed by atoms with Crippen molar-refractivity contribution in [2.75, 3.05) is 23.4 Å². The number of nitrogen functional groups attached to an aromatic ring is 1. The van der Waals surface area contributed by atoms with Crippen LogP contribution in [0.5, 0.6) is 0 Å². The van der Waals surface area contributed by atoms with Gasteiger partial charge in [-0.1, -0.05) is 23.2 Å². The summed E-state index contributed by atoms with van der Waals surface area (Å²) in [4.78, 5) is 6.43. The zero-order valence-electron chi connectivity index (χ0n) is 10.3. The number of anilines is 2. The van der Waals surface area contributed by atoms with Crippen LogP contribution in [0.4, 0.5) is 11.6 Å². The summed E-state index contributed by atoms with van der Waals surface area (Å²) in [6.07, 6.45) is 0.271. The van der Waals surface area contributed by atoms with E-state index in [0.29, 0.717) is 21.7 Å². The molecule has 0 saturated carbocycles. The molecule has 5 nitrogen and oxygen atoms in total. The topological polar surface area (TPSA) is 63.4 Å². The molecule has 1 fully saturated rings. The van der Waals surface area contributed by atoms with Gasteiger partial charge in [-0.15, -0.1) is 0 Å². The third-order valence-corrected chi connectivity index (χ3v) is 3.33. The van der Waals surface area contributed by atoms with Crippen molar-refractivity contribution < 1.29 is 4.74 Å². The fourth-order valence-corrected chi connectivity index (χ4v) is 2.66. The van der Waals surface area contributed by atoms with Gasteiger partial charge in [0, 0.05) is 13.1 Å². The van der Waals surface area contributed by atoms with Gasteiger partial charge in [0.2, 0.25) is 0 Å². The van der Waals surface area contributed by atoms with Gasteiger partial charge in [-0.05, 0) is 19.9 Å². The van der Waals surface area contributed by atoms with Gasteiger partial charge in [0.15, 0.2) is 5.82 Å². The normalized spacial score (nSPS) is 24.2. The van der Waals surface area contributed by atoms with E-state index in [1.54, 1.807) is 6.07 Å². The predicted octanol–water partition coefficient (Wildman–Crippen LogP) is 2.29. The molecule has 2 atom stereocenters. The number of hydrogen-bond donors (Lipinski definition) is 2. The van der Waals surface area contributed by atoms with Crippen LogP contribution >= 0.6 is 23.2 Å². The molecule has 1 aliphatic rings. The fraction of sp³-hybridized carbons (Fsp3) is 0.545. The standard InChI is InChI=1S/C11H16Cl2N4O/c1-6-4-17(5-7(2)18-6)11-9(13)3-8(12)10(15-11)16-14/h3,6-7H,4-5,14H2,1-2H3,(H,15,16). The smallest absolute Gasteiger partial charge is 0.161 e. The van der Waals surface area contributed by atoms with Crippen molar-refractivity contribution in [2.24, 2.45) is 5.84 Å². The summed E-state index contributed by atoms with van der Waals surface area (Å²) in [5.41, 5.74) is 2.46. The maximum atomic E-state index is 6.19. The van der Waals surface area contributed by atoms with Gasteiger partial charge in [-0.25, -0.2) is 10.8 Å². The van der Waals surface area contributed by atoms with E-state index in [0.717, 1.165) is 13.1 Å². The van der Waals surface area contributed by atoms with Crippen molar-refractivity contribution in [2.45, 2.75) is 26.1 Å². The number of nitrogens with zero attached hydrogens (tertiary/aromatic N) is 2. The van der Waals surface area contributed by atoms with E-state index in [9.17, 15) is 0 Å². The molecule has 0 radical (unpaired) electrons. The van der Waals surface area contributed by atoms with Gasteiger partial charge in [0.05, 0.1) is 22.3 Å². The Labute approximate surface area is 116 Å². The number of rotatable bonds is 2. The molecule has 2 heterocycles. The van der Waals surface area contributed by atoms with Crippen molar-refractivity contribution in [3.63, 3.8) is 0 Å². The Morgan fingerprint density at radius 3 is 2.50 bits per heavy atom. The molecule has 0 bridgehead atoms. The van der Waals surface area contributed by atoms with Crippen LogP contribution in [0.3, 0.4) is 0 Å². The van der Waals surface area contributed by atoms with E-state index in [2.05, 4.69) is 15.3 Å². The van der Waals surface area contributed by atoms with E-state index in [1.807, 2.05) is 13.8 Å². The molecule has 2 rings (SSSR count). The van der Waals surface area contributed by atoms with Crippen LogP contribution in [0.1, 0.15) is 13.8 Å². The Balaban J connectivity index is 2.32. The Hall–Kier alpha value is -0.750. The second kappa shape index (κ2) is 5.48. The molecule has 0 spiro atoms. The summed E-state index contributed by atoms with van der Waals surface area (Å²) in [6, 6.07) is 1.64. The maximum Gasteiger partial charge on any atom is 0.161 e. The van der Waals surface area contributed by atoms with Crippen molar-refractivity contribution in [3.8, 4) is 0 Å². The first-order valence-corrected chi connectivity index (χ1v) is 6.50. The second-order valence-corrected chi connectivity index (χ2v) is 5.25. The molecule has 1 aromatic heterocycles. The summed E-state index contributed by atoms with van der Waals surface area (Å²) in [6.45, 7) is 5.52. The van der Waals surface area contributed by atoms with Crippen LogP contribution in [0.15, 0.2) is 6.07 Å². The first-order chi connectivity index (χ1) is 8.51. The molecular weight excluding hydrogens is 275 g/mol. The average Bonchev–Trinajstić information content (AvgIpc) is 2.27. The van der Waals surface area contributed by atoms with Gasteiger partial charge >= 0.3 is 0 Å². The molecule has 0 amide bonds. The highest BCUT2D eigenvalue weighted by molar-refractivity contribution is 6.37. The van der Waals surface area contributed by atoms with Gasteiger partial charge < -0.3 is 15.1 Å². The van der Waals surface area contributed by atoms with Gasteiger partial charge in [0.25, 0.3) is 0 Å². The van der Waals surface area contributed by atoms with E-state index in [1.165, 1.54) is 0 Å². The highest BCUT2D eigenvalue weighted by atomic mass is 35.5. The third-order valence-electron chi connectivity index (χ3n) is 2.77. The molecule has 1 saturated heterocycles. The zero-order valence-corrected chi connectivity index (χ0v) is 11.8. The summed E-state index contributed by atoms with van der Waals surface area (Å²) in [5.74, 6) is 6.47. The number of ether oxygens (including phenoxy) is 1. The van der Waals surface area contributed by atoms with Crippen LogP contribution < -0.4 is 16.2 Å². The molecular formula is C11H16Cl2N4O. The molecule has 0 aliphatic carbocycles. The molecule has 1 aliphatic heterocycles. The van der Waals surface area contributed by atoms with Crippen molar-refractivity contribution in [1.29, 1.82) is 0 Å². The van der Waals surface area contributed by atoms with Crippen molar-refractivity contribution in [3.05, 3.63) is 16.1 Å². The molecule has 2 unspecified atom stereocenters. The number of hydrazine groups is 1. The minimum Gasteiger partial charge on any atom is -0.372 e. The highest BCUT2D eigenvalue weighted by Crippen LogP contribution is 2.32. The highest BCUT2D eigenvalue weighted by Gasteiger charge is 2.25. The SMILES string of the molecule is CC1CN(c2nc(NN)c(Cl)cc2Cl)CC(C)O1. The van der Waals surface area contributed by atoms with Crippen LogP contribution in [-0.2, 0) is 4.74 Å². The first-order valence-electron chi connectivity index (χ1n) is 5.74. The van der Waals surface area contributed by atoms with Crippen molar-refractivity contribution >= 4 is 34.8 Å². The first kappa shape index (κ1) is 13.7. The molecule has 18 heavy (non-hydrogen) atoms. The molecule has 7 heteroatoms. The van der Waals surface area contributed by atoms with E-state index in [4.69, 9.17) is 33.8 Å². The van der Waals surface area contributed by atoms with Gasteiger partial charge in [0.1, 0.15) is 5.82 Å². The lowest BCUT2D eigenvalue weighted by molar-refractivity contribution is -0.00544. The summed E-state index contributed by atoms with van der Waals surface area (Å²) in [5, 5.41) is 0.918. The zero-order chi connectivity index (χ0) is 13.3. The molecule has 3 N–H and O–H groups in total. The third kappa shape index (κ3) is 2.80. The fourth-order valence-electron chi connectivity index (χ4n) is 2.13. The minimum absolute atomic E-state index is 0.136. The number of hydrogen-bond acceptors (Lipinski definition) is 5. The number of pyridine rings is 1. The van der Waals surface area contributed by atoms with E-state index in [-0.39, 0.29) is 12.2 Å². The minimum atomic E-state index is 0.136. The second-order valence-electron chi connectivity index (χ2n) is 4.43. The Morgan fingerprint density at radius 1 is 1.33 bits per heavy atom. The Kier molecular flexibility index (Phi) is 4.17. The Bertz CT molecular complexity index is 433. The number of nitrogens with two attached hydrogens (primary N) is 1. The quantitative estimate of drug-likeness (QED) is 0.646. The number of nitrogens with one attached hydrogen (secondary N) is 1. The lowest BCUT2D eigenvalue weighted by Crippen LogP contribution is -2.46. The van der Waals surface area contributed by atoms with Gasteiger partial charge in [-0.2, -0.15) is 0 Å². The average molecular weight is 291 g/mol. The Morgan fingerprint density at radius 2 is 1.94 bits per heavy atom. The van der Waals surface area contributed by atoms with Crippen LogP contribution in [0, 0.1) is 0 Å². The van der Waals surface area contributed by atoms with Crippen LogP contribution in [0.2, 0.25) is 10.0 Å². The van der Waals surface area contributed by atoms with E-state index >= 15 is 0 Å². The maximum absolute atomic E-state index is 6.19. The predicted molar refractivity (Wildman–Crippen MR) is 74.3 cm³/mol. The largest absolute Gasteiger partial charge is 0.372 e. The lowest BCUT2D eigenvalue weighted by Gasteiger charge is -2.36. The molecule has 1 aromatic rings. The summed E-state index contributed by atoms with van der Waals surface area (Å²) in [7, 11) is 0. The monoisotopic (exact) mass is 290 g/mol. The lowest BCUT2D eigenvalue weighted by atomic mass is 10.2. The van der Waals surface area contributed by atoms with Gasteiger partial charge in [-0.3, -0.25) is 0 Å². The summed E-state index contributed by atoms with van der Waals surface area (Å²) < 4.78 is 5.68. The molecule has 0 aromatic carbocycles. The number of halogens is 2. The van der Waals surface area contributed by atoms with Crippen LogP contribution in [0.25, 0.3) is 0 Å². The van der Waals surface area contributed by atoms with Crippen LogP contribution in [-0.4, -0.2) is 30.3 Å². The number of morpholine rings is 1. The van der Waals surface area contributed by atoms with Crippen molar-refractivity contribution in [1.82, 2.24) is 4.98 Å². The van der Waals surface area contributed by atoms with E-state index < -0.39 is 0 Å². The molecule has 100 valence electrons. The number of aromatic nitrogens is 1. The summed E-state index contributed by atoms with van der Waals surface area (Å²) >= 11 is 12.2.